The van der Waals surface area contributed by atoms with Crippen LogP contribution < -0.4 is 27.2 Å². The van der Waals surface area contributed by atoms with E-state index < -0.39 is 35.4 Å². The van der Waals surface area contributed by atoms with Gasteiger partial charge in [-0.1, -0.05) is 26.3 Å². The number of hydrogen-bond donors (Lipinski definition) is 4. The first-order chi connectivity index (χ1) is 16.1. The first kappa shape index (κ1) is 28.6. The minimum atomic E-state index is -1.01. The number of rotatable bonds is 13. The Bertz CT molecular complexity index is 940. The number of nitrogens with two attached hydrogens (primary N) is 1. The van der Waals surface area contributed by atoms with Gasteiger partial charge in [-0.3, -0.25) is 19.2 Å². The van der Waals surface area contributed by atoms with E-state index in [9.17, 15) is 24.0 Å². The van der Waals surface area contributed by atoms with E-state index in [0.29, 0.717) is 12.5 Å². The van der Waals surface area contributed by atoms with E-state index in [0.717, 1.165) is 6.42 Å². The minimum absolute atomic E-state index is 0.0348. The Balaban J connectivity index is 2.91. The van der Waals surface area contributed by atoms with E-state index >= 15 is 0 Å². The number of anilines is 1. The molecule has 0 radical (unpaired) electrons. The van der Waals surface area contributed by atoms with Crippen molar-refractivity contribution in [3.8, 4) is 0 Å². The highest BCUT2D eigenvalue weighted by Crippen LogP contribution is 2.06. The Morgan fingerprint density at radius 2 is 1.91 bits per heavy atom. The Morgan fingerprint density at radius 3 is 2.53 bits per heavy atom. The van der Waals surface area contributed by atoms with Crippen molar-refractivity contribution in [2.75, 3.05) is 19.0 Å². The number of nitrogens with one attached hydrogen (secondary N) is 3. The molecule has 0 bridgehead atoms. The largest absolute Gasteiger partial charge is 0.466 e. The standard InChI is InChI=1S/C23H35N5O6/c1-5-15(2)13-25-19(29)14-28-12-8-10-18(23(28)33)27-22(32)17(26-21(31)16(3)24)9-6-7-11-20(30)34-4/h7-8,10-12,15-17H,5-6,9,13-14,24H2,1-4H3,(H,25,29)(H,26,31)(H,27,32)/b11-7+/t15?,16?,17-/m0/s1. The zero-order chi connectivity index (χ0) is 25.7. The van der Waals surface area contributed by atoms with Crippen molar-refractivity contribution < 1.29 is 23.9 Å². The van der Waals surface area contributed by atoms with Crippen molar-refractivity contribution in [1.29, 1.82) is 0 Å². The molecular weight excluding hydrogens is 442 g/mol. The Kier molecular flexibility index (Phi) is 12.3. The summed E-state index contributed by atoms with van der Waals surface area (Å²) in [5, 5.41) is 7.83. The number of pyridine rings is 1. The molecule has 1 heterocycles. The average molecular weight is 478 g/mol. The molecule has 1 aromatic heterocycles. The predicted octanol–water partition coefficient (Wildman–Crippen LogP) is 0.291. The number of aromatic nitrogens is 1. The highest BCUT2D eigenvalue weighted by Gasteiger charge is 2.23. The van der Waals surface area contributed by atoms with Crippen molar-refractivity contribution in [3.63, 3.8) is 0 Å². The van der Waals surface area contributed by atoms with Gasteiger partial charge in [-0.25, -0.2) is 4.79 Å². The van der Waals surface area contributed by atoms with E-state index in [4.69, 9.17) is 5.73 Å². The maximum Gasteiger partial charge on any atom is 0.330 e. The van der Waals surface area contributed by atoms with Crippen LogP contribution in [0.1, 0.15) is 40.0 Å². The van der Waals surface area contributed by atoms with Gasteiger partial charge in [-0.05, 0) is 37.8 Å². The van der Waals surface area contributed by atoms with Crippen LogP contribution in [0.15, 0.2) is 35.3 Å². The van der Waals surface area contributed by atoms with Gasteiger partial charge in [-0.2, -0.15) is 0 Å². The van der Waals surface area contributed by atoms with Crippen LogP contribution in [0.5, 0.6) is 0 Å². The molecule has 0 aliphatic carbocycles. The number of ether oxygens (including phenoxy) is 1. The van der Waals surface area contributed by atoms with Gasteiger partial charge in [0.15, 0.2) is 0 Å². The summed E-state index contributed by atoms with van der Waals surface area (Å²) in [5.41, 5.74) is 4.99. The molecule has 2 unspecified atom stereocenters. The van der Waals surface area contributed by atoms with E-state index in [1.165, 1.54) is 49.1 Å². The van der Waals surface area contributed by atoms with E-state index in [1.807, 2.05) is 13.8 Å². The summed E-state index contributed by atoms with van der Waals surface area (Å²) in [6.07, 6.45) is 5.52. The Morgan fingerprint density at radius 1 is 1.21 bits per heavy atom. The summed E-state index contributed by atoms with van der Waals surface area (Å²) in [7, 11) is 1.24. The van der Waals surface area contributed by atoms with Gasteiger partial charge in [0.1, 0.15) is 18.3 Å². The number of amides is 3. The number of esters is 1. The second-order valence-corrected chi connectivity index (χ2v) is 8.01. The molecule has 11 nitrogen and oxygen atoms in total. The van der Waals surface area contributed by atoms with Gasteiger partial charge in [-0.15, -0.1) is 0 Å². The average Bonchev–Trinajstić information content (AvgIpc) is 2.81. The molecule has 188 valence electrons. The second-order valence-electron chi connectivity index (χ2n) is 8.01. The van der Waals surface area contributed by atoms with Gasteiger partial charge < -0.3 is 31.0 Å². The molecular formula is C23H35N5O6. The van der Waals surface area contributed by atoms with Crippen molar-refractivity contribution in [1.82, 2.24) is 15.2 Å². The highest BCUT2D eigenvalue weighted by molar-refractivity contribution is 5.97. The zero-order valence-corrected chi connectivity index (χ0v) is 20.1. The number of carbonyl (C=O) groups excluding carboxylic acids is 4. The molecule has 0 spiro atoms. The van der Waals surface area contributed by atoms with Crippen LogP contribution >= 0.6 is 0 Å². The summed E-state index contributed by atoms with van der Waals surface area (Å²) >= 11 is 0. The lowest BCUT2D eigenvalue weighted by Crippen LogP contribution is -2.49. The third-order valence-electron chi connectivity index (χ3n) is 5.06. The van der Waals surface area contributed by atoms with E-state index in [-0.39, 0.29) is 31.0 Å². The summed E-state index contributed by atoms with van der Waals surface area (Å²) in [5.74, 6) is -1.71. The summed E-state index contributed by atoms with van der Waals surface area (Å²) in [6, 6.07) is 1.10. The van der Waals surface area contributed by atoms with Crippen LogP contribution in [0.3, 0.4) is 0 Å². The van der Waals surface area contributed by atoms with Crippen molar-refractivity contribution >= 4 is 29.4 Å². The maximum atomic E-state index is 12.8. The summed E-state index contributed by atoms with van der Waals surface area (Å²) in [6.45, 7) is 5.82. The molecule has 34 heavy (non-hydrogen) atoms. The van der Waals surface area contributed by atoms with Crippen LogP contribution in [0.2, 0.25) is 0 Å². The first-order valence-corrected chi connectivity index (χ1v) is 11.2. The topological polar surface area (TPSA) is 162 Å². The molecule has 0 saturated heterocycles. The third-order valence-corrected chi connectivity index (χ3v) is 5.06. The third kappa shape index (κ3) is 9.99. The van der Waals surface area contributed by atoms with Crippen LogP contribution in [0.25, 0.3) is 0 Å². The van der Waals surface area contributed by atoms with Gasteiger partial charge >= 0.3 is 5.97 Å². The molecule has 11 heteroatoms. The lowest BCUT2D eigenvalue weighted by atomic mass is 10.1. The van der Waals surface area contributed by atoms with Crippen LogP contribution in [-0.4, -0.2) is 54.0 Å². The minimum Gasteiger partial charge on any atom is -0.466 e. The summed E-state index contributed by atoms with van der Waals surface area (Å²) < 4.78 is 5.70. The molecule has 5 N–H and O–H groups in total. The van der Waals surface area contributed by atoms with Crippen molar-refractivity contribution in [2.45, 2.75) is 58.7 Å². The fourth-order valence-electron chi connectivity index (χ4n) is 2.70. The van der Waals surface area contributed by atoms with Gasteiger partial charge in [0.25, 0.3) is 5.56 Å². The highest BCUT2D eigenvalue weighted by atomic mass is 16.5. The van der Waals surface area contributed by atoms with Crippen LogP contribution in [0.4, 0.5) is 5.69 Å². The van der Waals surface area contributed by atoms with E-state index in [1.54, 1.807) is 0 Å². The van der Waals surface area contributed by atoms with Gasteiger partial charge in [0.05, 0.1) is 13.2 Å². The SMILES string of the molecule is CCC(C)CNC(=O)Cn1cccc(NC(=O)[C@H](CC/C=C/C(=O)OC)NC(=O)C(C)N)c1=O. The monoisotopic (exact) mass is 477 g/mol. The molecule has 0 aliphatic heterocycles. The van der Waals surface area contributed by atoms with E-state index in [2.05, 4.69) is 20.7 Å². The van der Waals surface area contributed by atoms with Gasteiger partial charge in [0.2, 0.25) is 17.7 Å². The number of carbonyl (C=O) groups is 4. The fourth-order valence-corrected chi connectivity index (χ4v) is 2.70. The predicted molar refractivity (Wildman–Crippen MR) is 128 cm³/mol. The first-order valence-electron chi connectivity index (χ1n) is 11.2. The quantitative estimate of drug-likeness (QED) is 0.234. The molecule has 1 aromatic rings. The molecule has 3 amide bonds. The molecule has 0 saturated carbocycles. The van der Waals surface area contributed by atoms with Gasteiger partial charge in [0, 0.05) is 18.8 Å². The van der Waals surface area contributed by atoms with Crippen LogP contribution in [-0.2, 0) is 30.5 Å². The number of methoxy groups -OCH3 is 1. The van der Waals surface area contributed by atoms with Crippen molar-refractivity contribution in [2.24, 2.45) is 11.7 Å². The molecule has 1 rings (SSSR count). The number of hydrogen-bond acceptors (Lipinski definition) is 7. The summed E-state index contributed by atoms with van der Waals surface area (Å²) in [4.78, 5) is 61.0. The molecule has 0 aliphatic rings. The Hall–Kier alpha value is -3.47. The molecule has 3 atom stereocenters. The maximum absolute atomic E-state index is 12.8. The number of nitrogens with zero attached hydrogens (tertiary/aromatic N) is 1. The smallest absolute Gasteiger partial charge is 0.330 e. The Labute approximate surface area is 199 Å². The van der Waals surface area contributed by atoms with Crippen molar-refractivity contribution in [3.05, 3.63) is 40.8 Å². The van der Waals surface area contributed by atoms with Crippen LogP contribution in [0, 0.1) is 5.92 Å². The zero-order valence-electron chi connectivity index (χ0n) is 20.1. The fraction of sp³-hybridized carbons (Fsp3) is 0.522. The number of allylic oxidation sites excluding steroid dienone is 1. The molecule has 0 fully saturated rings. The lowest BCUT2D eigenvalue weighted by Gasteiger charge is -2.19. The molecule has 0 aromatic carbocycles. The normalized spacial score (nSPS) is 13.6. The second kappa shape index (κ2) is 14.6. The lowest BCUT2D eigenvalue weighted by molar-refractivity contribution is -0.134.